The average molecular weight is 224 g/mol. The van der Waals surface area contributed by atoms with E-state index >= 15 is 0 Å². The number of allylic oxidation sites excluding steroid dienone is 1. The molecule has 0 amide bonds. The minimum Gasteiger partial charge on any atom is -0.403 e. The molecule has 1 saturated heterocycles. The SMILES string of the molecule is C=CCC(C)CCB1OC(C)(C)C(C)(C)O1. The van der Waals surface area contributed by atoms with Crippen LogP contribution in [0.1, 0.15) is 47.5 Å². The van der Waals surface area contributed by atoms with E-state index in [1.807, 2.05) is 6.08 Å². The summed E-state index contributed by atoms with van der Waals surface area (Å²) in [7, 11) is -0.0442. The quantitative estimate of drug-likeness (QED) is 0.523. The second-order valence-corrected chi connectivity index (χ2v) is 5.89. The third-order valence-electron chi connectivity index (χ3n) is 3.77. The molecular formula is C13H25BO2. The van der Waals surface area contributed by atoms with Gasteiger partial charge < -0.3 is 9.31 Å². The van der Waals surface area contributed by atoms with Gasteiger partial charge >= 0.3 is 7.12 Å². The number of hydrogen-bond acceptors (Lipinski definition) is 2. The molecule has 0 aromatic rings. The molecule has 1 fully saturated rings. The van der Waals surface area contributed by atoms with Crippen LogP contribution >= 0.6 is 0 Å². The summed E-state index contributed by atoms with van der Waals surface area (Å²) < 4.78 is 11.9. The van der Waals surface area contributed by atoms with E-state index in [0.29, 0.717) is 5.92 Å². The normalized spacial score (nSPS) is 24.4. The summed E-state index contributed by atoms with van der Waals surface area (Å²) in [5, 5.41) is 0. The van der Waals surface area contributed by atoms with Crippen LogP contribution < -0.4 is 0 Å². The van der Waals surface area contributed by atoms with Crippen LogP contribution in [0.15, 0.2) is 12.7 Å². The van der Waals surface area contributed by atoms with Crippen molar-refractivity contribution >= 4 is 7.12 Å². The van der Waals surface area contributed by atoms with Crippen LogP contribution in [0, 0.1) is 5.92 Å². The molecule has 1 atom stereocenters. The molecule has 0 spiro atoms. The van der Waals surface area contributed by atoms with Crippen LogP contribution in [0.5, 0.6) is 0 Å². The van der Waals surface area contributed by atoms with Crippen molar-refractivity contribution in [2.45, 2.75) is 65.0 Å². The zero-order valence-electron chi connectivity index (χ0n) is 11.4. The van der Waals surface area contributed by atoms with Crippen LogP contribution in [-0.4, -0.2) is 18.3 Å². The van der Waals surface area contributed by atoms with Crippen LogP contribution in [0.4, 0.5) is 0 Å². The van der Waals surface area contributed by atoms with Crippen molar-refractivity contribution in [3.05, 3.63) is 12.7 Å². The van der Waals surface area contributed by atoms with Gasteiger partial charge in [-0.3, -0.25) is 0 Å². The summed E-state index contributed by atoms with van der Waals surface area (Å²) in [4.78, 5) is 0. The smallest absolute Gasteiger partial charge is 0.403 e. The minimum atomic E-state index is -0.195. The van der Waals surface area contributed by atoms with Gasteiger partial charge in [-0.25, -0.2) is 0 Å². The first-order valence-corrected chi connectivity index (χ1v) is 6.25. The lowest BCUT2D eigenvalue weighted by molar-refractivity contribution is 0.00578. The Labute approximate surface area is 101 Å². The highest BCUT2D eigenvalue weighted by atomic mass is 16.7. The number of rotatable bonds is 5. The van der Waals surface area contributed by atoms with Gasteiger partial charge in [0.2, 0.25) is 0 Å². The maximum atomic E-state index is 5.94. The highest BCUT2D eigenvalue weighted by Crippen LogP contribution is 2.38. The van der Waals surface area contributed by atoms with Gasteiger partial charge in [-0.15, -0.1) is 6.58 Å². The fourth-order valence-corrected chi connectivity index (χ4v) is 1.91. The molecule has 1 rings (SSSR count). The second kappa shape index (κ2) is 4.93. The zero-order valence-corrected chi connectivity index (χ0v) is 11.4. The summed E-state index contributed by atoms with van der Waals surface area (Å²) >= 11 is 0. The van der Waals surface area contributed by atoms with Gasteiger partial charge in [0.15, 0.2) is 0 Å². The van der Waals surface area contributed by atoms with Crippen molar-refractivity contribution in [2.24, 2.45) is 5.92 Å². The van der Waals surface area contributed by atoms with E-state index in [1.165, 1.54) is 0 Å². The third-order valence-corrected chi connectivity index (χ3v) is 3.77. The van der Waals surface area contributed by atoms with Crippen molar-refractivity contribution in [3.63, 3.8) is 0 Å². The highest BCUT2D eigenvalue weighted by Gasteiger charge is 2.50. The Bertz CT molecular complexity index is 232. The standard InChI is InChI=1S/C13H25BO2/c1-7-8-11(2)9-10-14-15-12(3,4)13(5,6)16-14/h7,11H,1,8-10H2,2-6H3. The summed E-state index contributed by atoms with van der Waals surface area (Å²) in [6.45, 7) is 14.4. The Balaban J connectivity index is 2.39. The molecular weight excluding hydrogens is 199 g/mol. The maximum Gasteiger partial charge on any atom is 0.457 e. The Morgan fingerprint density at radius 3 is 2.12 bits per heavy atom. The van der Waals surface area contributed by atoms with Crippen molar-refractivity contribution < 1.29 is 9.31 Å². The molecule has 92 valence electrons. The molecule has 3 heteroatoms. The largest absolute Gasteiger partial charge is 0.457 e. The Hall–Kier alpha value is -0.275. The van der Waals surface area contributed by atoms with Crippen molar-refractivity contribution in [2.75, 3.05) is 0 Å². The molecule has 0 bridgehead atoms. The lowest BCUT2D eigenvalue weighted by atomic mass is 9.79. The monoisotopic (exact) mass is 224 g/mol. The molecule has 0 aromatic heterocycles. The van der Waals surface area contributed by atoms with Gasteiger partial charge in [-0.1, -0.05) is 19.4 Å². The molecule has 0 N–H and O–H groups in total. The highest BCUT2D eigenvalue weighted by molar-refractivity contribution is 6.45. The first kappa shape index (κ1) is 13.8. The van der Waals surface area contributed by atoms with Crippen molar-refractivity contribution in [1.82, 2.24) is 0 Å². The van der Waals surface area contributed by atoms with Gasteiger partial charge in [0.05, 0.1) is 11.2 Å². The molecule has 0 aromatic carbocycles. The topological polar surface area (TPSA) is 18.5 Å². The summed E-state index contributed by atoms with van der Waals surface area (Å²) in [6, 6.07) is 0. The summed E-state index contributed by atoms with van der Waals surface area (Å²) in [5.41, 5.74) is -0.390. The predicted octanol–water partition coefficient (Wildman–Crippen LogP) is 3.68. The van der Waals surface area contributed by atoms with E-state index in [1.54, 1.807) is 0 Å². The van der Waals surface area contributed by atoms with Crippen LogP contribution in [0.2, 0.25) is 6.32 Å². The molecule has 0 saturated carbocycles. The van der Waals surface area contributed by atoms with E-state index in [9.17, 15) is 0 Å². The molecule has 1 heterocycles. The van der Waals surface area contributed by atoms with E-state index < -0.39 is 0 Å². The van der Waals surface area contributed by atoms with E-state index in [4.69, 9.17) is 9.31 Å². The number of hydrogen-bond donors (Lipinski definition) is 0. The summed E-state index contributed by atoms with van der Waals surface area (Å²) in [6.07, 6.45) is 5.15. The molecule has 1 unspecified atom stereocenters. The van der Waals surface area contributed by atoms with Crippen LogP contribution in [0.25, 0.3) is 0 Å². The van der Waals surface area contributed by atoms with Crippen LogP contribution in [0.3, 0.4) is 0 Å². The summed E-state index contributed by atoms with van der Waals surface area (Å²) in [5.74, 6) is 0.663. The third kappa shape index (κ3) is 3.11. The van der Waals surface area contributed by atoms with Crippen molar-refractivity contribution in [3.8, 4) is 0 Å². The Kier molecular flexibility index (Phi) is 4.25. The first-order chi connectivity index (χ1) is 7.28. The second-order valence-electron chi connectivity index (χ2n) is 5.89. The van der Waals surface area contributed by atoms with E-state index in [-0.39, 0.29) is 18.3 Å². The maximum absolute atomic E-state index is 5.94. The fourth-order valence-electron chi connectivity index (χ4n) is 1.91. The van der Waals surface area contributed by atoms with Gasteiger partial charge in [0, 0.05) is 0 Å². The van der Waals surface area contributed by atoms with Crippen LogP contribution in [-0.2, 0) is 9.31 Å². The molecule has 16 heavy (non-hydrogen) atoms. The molecule has 1 aliphatic heterocycles. The fraction of sp³-hybridized carbons (Fsp3) is 0.846. The lowest BCUT2D eigenvalue weighted by Crippen LogP contribution is -2.41. The van der Waals surface area contributed by atoms with Gasteiger partial charge in [0.1, 0.15) is 0 Å². The van der Waals surface area contributed by atoms with Crippen molar-refractivity contribution in [1.29, 1.82) is 0 Å². The zero-order chi connectivity index (χ0) is 12.4. The molecule has 1 aliphatic rings. The Morgan fingerprint density at radius 2 is 1.69 bits per heavy atom. The van der Waals surface area contributed by atoms with E-state index in [0.717, 1.165) is 19.2 Å². The van der Waals surface area contributed by atoms with Gasteiger partial charge in [-0.2, -0.15) is 0 Å². The molecule has 0 aliphatic carbocycles. The first-order valence-electron chi connectivity index (χ1n) is 6.25. The lowest BCUT2D eigenvalue weighted by Gasteiger charge is -2.32. The molecule has 2 nitrogen and oxygen atoms in total. The Morgan fingerprint density at radius 1 is 1.19 bits per heavy atom. The molecule has 0 radical (unpaired) electrons. The van der Waals surface area contributed by atoms with Gasteiger partial charge in [0.25, 0.3) is 0 Å². The predicted molar refractivity (Wildman–Crippen MR) is 69.5 cm³/mol. The minimum absolute atomic E-state index is 0.0442. The average Bonchev–Trinajstić information content (AvgIpc) is 2.33. The van der Waals surface area contributed by atoms with Gasteiger partial charge in [-0.05, 0) is 46.4 Å². The van der Waals surface area contributed by atoms with E-state index in [2.05, 4.69) is 41.2 Å².